The van der Waals surface area contributed by atoms with Crippen LogP contribution in [-0.2, 0) is 13.2 Å². The Morgan fingerprint density at radius 3 is 2.90 bits per heavy atom. The lowest BCUT2D eigenvalue weighted by atomic mass is 10.2. The summed E-state index contributed by atoms with van der Waals surface area (Å²) in [5.41, 5.74) is 1.17. The minimum atomic E-state index is -0.269. The van der Waals surface area contributed by atoms with Crippen molar-refractivity contribution in [2.45, 2.75) is 33.4 Å². The Labute approximate surface area is 123 Å². The lowest BCUT2D eigenvalue weighted by Crippen LogP contribution is -2.12. The summed E-state index contributed by atoms with van der Waals surface area (Å²) in [5, 5.41) is 3.39. The Morgan fingerprint density at radius 2 is 2.15 bits per heavy atom. The predicted octanol–water partition coefficient (Wildman–Crippen LogP) is 4.27. The molecule has 0 atom stereocenters. The predicted molar refractivity (Wildman–Crippen MR) is 81.8 cm³/mol. The van der Waals surface area contributed by atoms with Crippen LogP contribution >= 0.6 is 11.3 Å². The van der Waals surface area contributed by atoms with Crippen LogP contribution in [0.2, 0.25) is 0 Å². The average Bonchev–Trinajstić information content (AvgIpc) is 2.77. The van der Waals surface area contributed by atoms with Crippen molar-refractivity contribution in [1.29, 1.82) is 0 Å². The van der Waals surface area contributed by atoms with Crippen molar-refractivity contribution in [2.24, 2.45) is 0 Å². The molecule has 0 aliphatic rings. The van der Waals surface area contributed by atoms with Gasteiger partial charge >= 0.3 is 0 Å². The van der Waals surface area contributed by atoms with Crippen molar-refractivity contribution in [1.82, 2.24) is 5.32 Å². The lowest BCUT2D eigenvalue weighted by molar-refractivity contribution is 0.304. The van der Waals surface area contributed by atoms with E-state index in [2.05, 4.69) is 25.2 Å². The SMILES string of the molecule is CCCNCc1cc(COc2cccc(F)c2)c(C)s1. The Morgan fingerprint density at radius 1 is 1.30 bits per heavy atom. The van der Waals surface area contributed by atoms with Gasteiger partial charge in [0.25, 0.3) is 0 Å². The molecule has 0 saturated heterocycles. The molecule has 0 fully saturated rings. The molecular formula is C16H20FNOS. The first-order chi connectivity index (χ1) is 9.69. The van der Waals surface area contributed by atoms with Gasteiger partial charge in [-0.1, -0.05) is 13.0 Å². The summed E-state index contributed by atoms with van der Waals surface area (Å²) in [6.45, 7) is 6.67. The van der Waals surface area contributed by atoms with Gasteiger partial charge in [0.15, 0.2) is 0 Å². The van der Waals surface area contributed by atoms with Crippen LogP contribution in [0.25, 0.3) is 0 Å². The quantitative estimate of drug-likeness (QED) is 0.770. The first-order valence-electron chi connectivity index (χ1n) is 6.86. The van der Waals surface area contributed by atoms with Crippen molar-refractivity contribution in [2.75, 3.05) is 6.54 Å². The Balaban J connectivity index is 1.92. The first-order valence-corrected chi connectivity index (χ1v) is 7.68. The summed E-state index contributed by atoms with van der Waals surface area (Å²) in [5.74, 6) is 0.301. The second-order valence-electron chi connectivity index (χ2n) is 4.72. The molecule has 0 aliphatic heterocycles. The van der Waals surface area contributed by atoms with E-state index in [4.69, 9.17) is 4.74 Å². The Kier molecular flexibility index (Phi) is 5.56. The summed E-state index contributed by atoms with van der Waals surface area (Å²) >= 11 is 1.79. The highest BCUT2D eigenvalue weighted by molar-refractivity contribution is 7.12. The molecule has 2 rings (SSSR count). The fraction of sp³-hybridized carbons (Fsp3) is 0.375. The maximum absolute atomic E-state index is 13.1. The summed E-state index contributed by atoms with van der Waals surface area (Å²) in [6.07, 6.45) is 1.14. The van der Waals surface area contributed by atoms with E-state index in [1.54, 1.807) is 23.5 Å². The van der Waals surface area contributed by atoms with Gasteiger partial charge in [-0.15, -0.1) is 11.3 Å². The van der Waals surface area contributed by atoms with Crippen LogP contribution in [0.3, 0.4) is 0 Å². The summed E-state index contributed by atoms with van der Waals surface area (Å²) in [4.78, 5) is 2.57. The first kappa shape index (κ1) is 15.0. The number of thiophene rings is 1. The molecule has 108 valence electrons. The number of ether oxygens (including phenoxy) is 1. The van der Waals surface area contributed by atoms with Crippen LogP contribution < -0.4 is 10.1 Å². The lowest BCUT2D eigenvalue weighted by Gasteiger charge is -2.05. The third kappa shape index (κ3) is 4.32. The van der Waals surface area contributed by atoms with Gasteiger partial charge in [-0.25, -0.2) is 4.39 Å². The van der Waals surface area contributed by atoms with Gasteiger partial charge in [0.05, 0.1) is 0 Å². The topological polar surface area (TPSA) is 21.3 Å². The summed E-state index contributed by atoms with van der Waals surface area (Å²) in [7, 11) is 0. The minimum absolute atomic E-state index is 0.269. The molecule has 1 N–H and O–H groups in total. The smallest absolute Gasteiger partial charge is 0.126 e. The van der Waals surface area contributed by atoms with E-state index in [9.17, 15) is 4.39 Å². The largest absolute Gasteiger partial charge is 0.489 e. The van der Waals surface area contributed by atoms with Crippen LogP contribution in [-0.4, -0.2) is 6.54 Å². The van der Waals surface area contributed by atoms with E-state index in [0.29, 0.717) is 12.4 Å². The molecule has 4 heteroatoms. The molecule has 0 saturated carbocycles. The highest BCUT2D eigenvalue weighted by atomic mass is 32.1. The van der Waals surface area contributed by atoms with Crippen molar-refractivity contribution in [3.8, 4) is 5.75 Å². The van der Waals surface area contributed by atoms with Crippen LogP contribution in [0.5, 0.6) is 5.75 Å². The van der Waals surface area contributed by atoms with Gasteiger partial charge < -0.3 is 10.1 Å². The van der Waals surface area contributed by atoms with E-state index in [1.165, 1.54) is 27.5 Å². The molecule has 2 nitrogen and oxygen atoms in total. The third-order valence-electron chi connectivity index (χ3n) is 2.99. The van der Waals surface area contributed by atoms with Gasteiger partial charge in [0.2, 0.25) is 0 Å². The van der Waals surface area contributed by atoms with E-state index >= 15 is 0 Å². The van der Waals surface area contributed by atoms with Crippen molar-refractivity contribution < 1.29 is 9.13 Å². The molecule has 0 aliphatic carbocycles. The zero-order valence-electron chi connectivity index (χ0n) is 11.9. The van der Waals surface area contributed by atoms with E-state index in [1.807, 2.05) is 0 Å². The molecule has 0 unspecified atom stereocenters. The number of nitrogens with one attached hydrogen (secondary N) is 1. The molecule has 0 radical (unpaired) electrons. The maximum atomic E-state index is 13.1. The molecule has 0 spiro atoms. The maximum Gasteiger partial charge on any atom is 0.126 e. The molecule has 0 bridgehead atoms. The second kappa shape index (κ2) is 7.41. The zero-order chi connectivity index (χ0) is 14.4. The standard InChI is InChI=1S/C16H20FNOS/c1-3-7-18-10-16-8-13(12(2)20-16)11-19-15-6-4-5-14(17)9-15/h4-6,8-9,18H,3,7,10-11H2,1-2H3. The van der Waals surface area contributed by atoms with Gasteiger partial charge in [-0.2, -0.15) is 0 Å². The van der Waals surface area contributed by atoms with Crippen LogP contribution in [0.1, 0.15) is 28.7 Å². The molecule has 1 aromatic carbocycles. The zero-order valence-corrected chi connectivity index (χ0v) is 12.7. The molecule has 1 heterocycles. The van der Waals surface area contributed by atoms with Crippen molar-refractivity contribution in [3.63, 3.8) is 0 Å². The summed E-state index contributed by atoms with van der Waals surface area (Å²) in [6, 6.07) is 8.42. The highest BCUT2D eigenvalue weighted by Gasteiger charge is 2.06. The fourth-order valence-corrected chi connectivity index (χ4v) is 2.94. The van der Waals surface area contributed by atoms with E-state index in [-0.39, 0.29) is 5.82 Å². The monoisotopic (exact) mass is 293 g/mol. The highest BCUT2D eigenvalue weighted by Crippen LogP contribution is 2.23. The second-order valence-corrected chi connectivity index (χ2v) is 6.06. The van der Waals surface area contributed by atoms with Crippen LogP contribution in [0, 0.1) is 12.7 Å². The number of rotatable bonds is 7. The van der Waals surface area contributed by atoms with Crippen LogP contribution in [0.15, 0.2) is 30.3 Å². The Hall–Kier alpha value is -1.39. The van der Waals surface area contributed by atoms with Crippen molar-refractivity contribution in [3.05, 3.63) is 51.5 Å². The van der Waals surface area contributed by atoms with Gasteiger partial charge in [0, 0.05) is 27.9 Å². The average molecular weight is 293 g/mol. The number of hydrogen-bond donors (Lipinski definition) is 1. The van der Waals surface area contributed by atoms with Gasteiger partial charge in [-0.05, 0) is 38.1 Å². The molecule has 0 amide bonds. The number of halogens is 1. The molecule has 2 aromatic rings. The number of aryl methyl sites for hydroxylation is 1. The van der Waals surface area contributed by atoms with E-state index in [0.717, 1.165) is 19.5 Å². The summed E-state index contributed by atoms with van der Waals surface area (Å²) < 4.78 is 18.7. The normalized spacial score (nSPS) is 10.8. The van der Waals surface area contributed by atoms with E-state index < -0.39 is 0 Å². The Bertz CT molecular complexity index is 553. The number of benzene rings is 1. The third-order valence-corrected chi connectivity index (χ3v) is 4.08. The van der Waals surface area contributed by atoms with Crippen molar-refractivity contribution >= 4 is 11.3 Å². The van der Waals surface area contributed by atoms with Gasteiger partial charge in [0.1, 0.15) is 18.2 Å². The number of hydrogen-bond acceptors (Lipinski definition) is 3. The van der Waals surface area contributed by atoms with Gasteiger partial charge in [-0.3, -0.25) is 0 Å². The minimum Gasteiger partial charge on any atom is -0.489 e. The fourth-order valence-electron chi connectivity index (χ4n) is 1.92. The van der Waals surface area contributed by atoms with Crippen LogP contribution in [0.4, 0.5) is 4.39 Å². The molecule has 1 aromatic heterocycles. The molecular weight excluding hydrogens is 273 g/mol. The molecule has 20 heavy (non-hydrogen) atoms.